The molecule has 2 aliphatic rings. The van der Waals surface area contributed by atoms with Gasteiger partial charge in [0.05, 0.1) is 9.52 Å². The number of hydrogen-bond acceptors (Lipinski definition) is 0. The summed E-state index contributed by atoms with van der Waals surface area (Å²) < 4.78 is 0. The molecule has 0 aromatic heterocycles. The maximum atomic E-state index is 6.57. The minimum Gasteiger partial charge on any atom is -0.0882 e. The van der Waals surface area contributed by atoms with Gasteiger partial charge in [0.25, 0.3) is 0 Å². The standard InChI is InChI=1S/C18H26Cl2Si.Ti/c1-7-13-15(19)9(3)11(5)17(13)21-18-12(6)10(4)16(20)14(18)8-2;/h9-10H,7-8,21H2,1-6H3;. The van der Waals surface area contributed by atoms with Gasteiger partial charge in [-0.2, -0.15) is 0 Å². The predicted molar refractivity (Wildman–Crippen MR) is 98.6 cm³/mol. The minimum absolute atomic E-state index is 0. The van der Waals surface area contributed by atoms with Crippen LogP contribution >= 0.6 is 23.2 Å². The average molecular weight is 389 g/mol. The molecule has 2 rings (SSSR count). The van der Waals surface area contributed by atoms with Crippen LogP contribution in [0.4, 0.5) is 0 Å². The topological polar surface area (TPSA) is 0 Å². The smallest absolute Gasteiger partial charge is 0.0882 e. The van der Waals surface area contributed by atoms with E-state index >= 15 is 0 Å². The largest absolute Gasteiger partial charge is 0.0882 e. The van der Waals surface area contributed by atoms with E-state index in [0.717, 1.165) is 22.9 Å². The van der Waals surface area contributed by atoms with Gasteiger partial charge in [0, 0.05) is 43.6 Å². The molecule has 0 aromatic rings. The van der Waals surface area contributed by atoms with Gasteiger partial charge >= 0.3 is 0 Å². The Hall–Kier alpha value is 0.471. The van der Waals surface area contributed by atoms with E-state index in [1.807, 2.05) is 0 Å². The van der Waals surface area contributed by atoms with Crippen molar-refractivity contribution in [2.45, 2.75) is 54.4 Å². The van der Waals surface area contributed by atoms with E-state index in [9.17, 15) is 0 Å². The summed E-state index contributed by atoms with van der Waals surface area (Å²) in [5.41, 5.74) is 5.82. The molecule has 0 nitrogen and oxygen atoms in total. The van der Waals surface area contributed by atoms with Crippen molar-refractivity contribution in [1.29, 1.82) is 0 Å². The van der Waals surface area contributed by atoms with Crippen LogP contribution in [0.25, 0.3) is 0 Å². The fourth-order valence-corrected chi connectivity index (χ4v) is 7.50. The molecular formula is C18H26Cl2SiTi. The number of allylic oxidation sites excluding steroid dienone is 8. The number of rotatable bonds is 4. The van der Waals surface area contributed by atoms with Gasteiger partial charge in [-0.25, -0.2) is 0 Å². The fourth-order valence-electron chi connectivity index (χ4n) is 3.62. The molecule has 0 radical (unpaired) electrons. The summed E-state index contributed by atoms with van der Waals surface area (Å²) in [6, 6.07) is 0. The van der Waals surface area contributed by atoms with Crippen molar-refractivity contribution < 1.29 is 21.7 Å². The van der Waals surface area contributed by atoms with Gasteiger partial charge in [-0.3, -0.25) is 0 Å². The monoisotopic (exact) mass is 388 g/mol. The molecule has 0 aromatic carbocycles. The second kappa shape index (κ2) is 8.03. The summed E-state index contributed by atoms with van der Waals surface area (Å²) in [5, 5.41) is 5.34. The van der Waals surface area contributed by atoms with Crippen molar-refractivity contribution in [3.63, 3.8) is 0 Å². The van der Waals surface area contributed by atoms with Gasteiger partial charge in [0.1, 0.15) is 0 Å². The van der Waals surface area contributed by atoms with Crippen LogP contribution in [0.2, 0.25) is 0 Å². The number of hydrogen-bond donors (Lipinski definition) is 0. The molecule has 0 fully saturated rings. The van der Waals surface area contributed by atoms with Gasteiger partial charge in [-0.1, -0.05) is 72.4 Å². The van der Waals surface area contributed by atoms with Crippen molar-refractivity contribution in [2.24, 2.45) is 11.8 Å². The van der Waals surface area contributed by atoms with E-state index in [2.05, 4.69) is 41.5 Å². The first-order valence-corrected chi connectivity index (χ1v) is 10.2. The first-order chi connectivity index (χ1) is 9.84. The first-order valence-electron chi connectivity index (χ1n) is 8.02. The van der Waals surface area contributed by atoms with E-state index in [4.69, 9.17) is 23.2 Å². The Morgan fingerprint density at radius 1 is 0.818 bits per heavy atom. The van der Waals surface area contributed by atoms with Gasteiger partial charge in [-0.15, -0.1) is 0 Å². The molecule has 0 bridgehead atoms. The van der Waals surface area contributed by atoms with Crippen LogP contribution in [0.15, 0.2) is 42.7 Å². The summed E-state index contributed by atoms with van der Waals surface area (Å²) >= 11 is 13.1. The maximum absolute atomic E-state index is 6.57. The zero-order valence-corrected chi connectivity index (χ0v) is 19.0. The van der Waals surface area contributed by atoms with Crippen molar-refractivity contribution in [3.05, 3.63) is 42.7 Å². The SMILES string of the molecule is CCC1=C(Cl)C(C)C(C)=C1[SiH2]C1=C(C)C(C)C(Cl)=C1CC.[Ti]. The zero-order valence-electron chi connectivity index (χ0n) is 14.5. The number of halogens is 2. The van der Waals surface area contributed by atoms with E-state index in [1.54, 1.807) is 10.4 Å². The summed E-state index contributed by atoms with van der Waals surface area (Å²) in [7, 11) is -0.500. The fraction of sp³-hybridized carbons (Fsp3) is 0.556. The van der Waals surface area contributed by atoms with Crippen LogP contribution in [-0.2, 0) is 21.7 Å². The molecule has 0 N–H and O–H groups in total. The summed E-state index contributed by atoms with van der Waals surface area (Å²) in [6.07, 6.45) is 2.09. The first kappa shape index (κ1) is 20.5. The second-order valence-electron chi connectivity index (χ2n) is 6.30. The van der Waals surface area contributed by atoms with Crippen molar-refractivity contribution in [1.82, 2.24) is 0 Å². The van der Waals surface area contributed by atoms with Crippen molar-refractivity contribution in [3.8, 4) is 0 Å². The van der Waals surface area contributed by atoms with E-state index in [-0.39, 0.29) is 21.7 Å². The third-order valence-electron chi connectivity index (χ3n) is 5.38. The zero-order chi connectivity index (χ0) is 15.9. The molecule has 120 valence electrons. The van der Waals surface area contributed by atoms with Crippen molar-refractivity contribution >= 4 is 32.7 Å². The molecule has 2 aliphatic carbocycles. The molecule has 0 spiro atoms. The molecule has 22 heavy (non-hydrogen) atoms. The van der Waals surface area contributed by atoms with Crippen LogP contribution in [0, 0.1) is 11.8 Å². The molecule has 2 unspecified atom stereocenters. The molecule has 0 saturated carbocycles. The Morgan fingerprint density at radius 2 is 1.14 bits per heavy atom. The van der Waals surface area contributed by atoms with Crippen LogP contribution in [0.3, 0.4) is 0 Å². The molecular weight excluding hydrogens is 363 g/mol. The molecule has 0 saturated heterocycles. The third-order valence-corrected chi connectivity index (χ3v) is 9.16. The molecule has 2 atom stereocenters. The summed E-state index contributed by atoms with van der Waals surface area (Å²) in [5.74, 6) is 0.821. The van der Waals surface area contributed by atoms with Crippen LogP contribution in [-0.4, -0.2) is 9.52 Å². The van der Waals surface area contributed by atoms with Gasteiger partial charge in [0.15, 0.2) is 0 Å². The summed E-state index contributed by atoms with van der Waals surface area (Å²) in [6.45, 7) is 13.4. The normalized spacial score (nSPS) is 26.2. The Morgan fingerprint density at radius 3 is 1.41 bits per heavy atom. The van der Waals surface area contributed by atoms with Gasteiger partial charge < -0.3 is 0 Å². The van der Waals surface area contributed by atoms with Crippen LogP contribution < -0.4 is 0 Å². The Balaban J connectivity index is 0.00000242. The Bertz CT molecular complexity index is 544. The third kappa shape index (κ3) is 3.30. The molecule has 0 heterocycles. The van der Waals surface area contributed by atoms with Gasteiger partial charge in [0.2, 0.25) is 0 Å². The molecule has 4 heteroatoms. The Labute approximate surface area is 162 Å². The van der Waals surface area contributed by atoms with Crippen molar-refractivity contribution in [2.75, 3.05) is 0 Å². The minimum atomic E-state index is -0.500. The van der Waals surface area contributed by atoms with E-state index in [0.29, 0.717) is 11.8 Å². The molecule has 0 amide bonds. The van der Waals surface area contributed by atoms with Crippen LogP contribution in [0.1, 0.15) is 54.4 Å². The van der Waals surface area contributed by atoms with Crippen LogP contribution in [0.5, 0.6) is 0 Å². The second-order valence-corrected chi connectivity index (χ2v) is 8.89. The summed E-state index contributed by atoms with van der Waals surface area (Å²) in [4.78, 5) is 0. The van der Waals surface area contributed by atoms with E-state index < -0.39 is 9.52 Å². The van der Waals surface area contributed by atoms with Gasteiger partial charge in [-0.05, 0) is 37.8 Å². The quantitative estimate of drug-likeness (QED) is 0.533. The Kier molecular flexibility index (Phi) is 7.49. The predicted octanol–water partition coefficient (Wildman–Crippen LogP) is 5.81. The van der Waals surface area contributed by atoms with E-state index in [1.165, 1.54) is 22.3 Å². The molecule has 0 aliphatic heterocycles. The maximum Gasteiger partial charge on any atom is 0.0882 e. The average Bonchev–Trinajstić information content (AvgIpc) is 2.80.